The number of hydrogen-bond acceptors (Lipinski definition) is 3. The number of carboxylic acids is 1. The van der Waals surface area contributed by atoms with E-state index in [1.807, 2.05) is 31.2 Å². The molecule has 2 atom stereocenters. The van der Waals surface area contributed by atoms with E-state index in [4.69, 9.17) is 9.84 Å². The van der Waals surface area contributed by atoms with Gasteiger partial charge < -0.3 is 15.2 Å². The predicted octanol–water partition coefficient (Wildman–Crippen LogP) is 1.22. The molecule has 0 radical (unpaired) electrons. The number of ether oxygens (including phenoxy) is 1. The number of benzene rings is 1. The number of carbonyl (C=O) groups excluding carboxylic acids is 1. The first kappa shape index (κ1) is 14.3. The summed E-state index contributed by atoms with van der Waals surface area (Å²) in [6.45, 7) is 2.37. The van der Waals surface area contributed by atoms with Crippen LogP contribution in [0.25, 0.3) is 6.08 Å². The summed E-state index contributed by atoms with van der Waals surface area (Å²) >= 11 is 0. The first-order valence-electron chi connectivity index (χ1n) is 6.42. The highest BCUT2D eigenvalue weighted by molar-refractivity contribution is 5.92. The van der Waals surface area contributed by atoms with Crippen molar-refractivity contribution in [2.75, 3.05) is 13.2 Å². The molecule has 2 N–H and O–H groups in total. The van der Waals surface area contributed by atoms with E-state index >= 15 is 0 Å². The fraction of sp³-hybridized carbons (Fsp3) is 0.333. The van der Waals surface area contributed by atoms with Crippen molar-refractivity contribution in [2.24, 2.45) is 5.92 Å². The lowest BCUT2D eigenvalue weighted by atomic mass is 10.0. The molecule has 2 rings (SSSR count). The molecule has 1 aromatic carbocycles. The SMILES string of the molecule is Cc1ccc(C=CC(=O)NC2COCC2C(=O)O)cc1. The summed E-state index contributed by atoms with van der Waals surface area (Å²) in [7, 11) is 0. The van der Waals surface area contributed by atoms with Crippen LogP contribution in [0.15, 0.2) is 30.3 Å². The van der Waals surface area contributed by atoms with Crippen LogP contribution in [0.5, 0.6) is 0 Å². The maximum Gasteiger partial charge on any atom is 0.311 e. The molecule has 106 valence electrons. The van der Waals surface area contributed by atoms with Gasteiger partial charge in [-0.15, -0.1) is 0 Å². The van der Waals surface area contributed by atoms with Crippen molar-refractivity contribution in [2.45, 2.75) is 13.0 Å². The van der Waals surface area contributed by atoms with E-state index < -0.39 is 17.9 Å². The molecule has 0 saturated carbocycles. The standard InChI is InChI=1S/C15H17NO4/c1-10-2-4-11(5-3-10)6-7-14(17)16-13-9-20-8-12(13)15(18)19/h2-7,12-13H,8-9H2,1H3,(H,16,17)(H,18,19). The van der Waals surface area contributed by atoms with Crippen molar-refractivity contribution in [3.63, 3.8) is 0 Å². The Labute approximate surface area is 117 Å². The summed E-state index contributed by atoms with van der Waals surface area (Å²) < 4.78 is 5.09. The normalized spacial score (nSPS) is 22.1. The summed E-state index contributed by atoms with van der Waals surface area (Å²) in [5.74, 6) is -1.94. The second kappa shape index (κ2) is 6.34. The molecule has 0 aliphatic carbocycles. The number of nitrogens with one attached hydrogen (secondary N) is 1. The molecule has 0 aromatic heterocycles. The van der Waals surface area contributed by atoms with E-state index in [0.29, 0.717) is 0 Å². The largest absolute Gasteiger partial charge is 0.481 e. The lowest BCUT2D eigenvalue weighted by molar-refractivity contribution is -0.142. The van der Waals surface area contributed by atoms with Gasteiger partial charge in [-0.05, 0) is 18.6 Å². The van der Waals surface area contributed by atoms with Crippen LogP contribution >= 0.6 is 0 Å². The molecule has 5 nitrogen and oxygen atoms in total. The Morgan fingerprint density at radius 2 is 2.00 bits per heavy atom. The average molecular weight is 275 g/mol. The van der Waals surface area contributed by atoms with Crippen LogP contribution in [0.4, 0.5) is 0 Å². The zero-order valence-corrected chi connectivity index (χ0v) is 11.2. The van der Waals surface area contributed by atoms with E-state index in [1.54, 1.807) is 6.08 Å². The second-order valence-electron chi connectivity index (χ2n) is 4.84. The molecule has 0 spiro atoms. The van der Waals surface area contributed by atoms with Crippen LogP contribution in [0.1, 0.15) is 11.1 Å². The minimum atomic E-state index is -0.949. The van der Waals surface area contributed by atoms with Gasteiger partial charge >= 0.3 is 5.97 Å². The molecular formula is C15H17NO4. The van der Waals surface area contributed by atoms with Crippen molar-refractivity contribution < 1.29 is 19.4 Å². The maximum absolute atomic E-state index is 11.8. The molecule has 20 heavy (non-hydrogen) atoms. The summed E-state index contributed by atoms with van der Waals surface area (Å²) in [6, 6.07) is 7.28. The molecule has 5 heteroatoms. The van der Waals surface area contributed by atoms with Gasteiger partial charge in [-0.25, -0.2) is 0 Å². The molecule has 1 aliphatic rings. The molecule has 1 fully saturated rings. The minimum Gasteiger partial charge on any atom is -0.481 e. The van der Waals surface area contributed by atoms with E-state index in [0.717, 1.165) is 11.1 Å². The minimum absolute atomic E-state index is 0.141. The summed E-state index contributed by atoms with van der Waals surface area (Å²) in [4.78, 5) is 22.7. The Morgan fingerprint density at radius 3 is 2.65 bits per heavy atom. The second-order valence-corrected chi connectivity index (χ2v) is 4.84. The van der Waals surface area contributed by atoms with Crippen molar-refractivity contribution in [1.82, 2.24) is 5.32 Å². The molecule has 1 aliphatic heterocycles. The Kier molecular flexibility index (Phi) is 4.53. The van der Waals surface area contributed by atoms with Crippen LogP contribution in [0, 0.1) is 12.8 Å². The summed E-state index contributed by atoms with van der Waals surface area (Å²) in [5, 5.41) is 11.6. The highest BCUT2D eigenvalue weighted by Crippen LogP contribution is 2.14. The highest BCUT2D eigenvalue weighted by atomic mass is 16.5. The van der Waals surface area contributed by atoms with E-state index in [9.17, 15) is 9.59 Å². The number of hydrogen-bond donors (Lipinski definition) is 2. The van der Waals surface area contributed by atoms with E-state index in [-0.39, 0.29) is 19.1 Å². The molecule has 2 unspecified atom stereocenters. The van der Waals surface area contributed by atoms with E-state index in [1.165, 1.54) is 6.08 Å². The lowest BCUT2D eigenvalue weighted by Gasteiger charge is -2.14. The van der Waals surface area contributed by atoms with Gasteiger partial charge in [0, 0.05) is 6.08 Å². The van der Waals surface area contributed by atoms with Gasteiger partial charge in [-0.3, -0.25) is 9.59 Å². The Balaban J connectivity index is 1.92. The quantitative estimate of drug-likeness (QED) is 0.810. The fourth-order valence-electron chi connectivity index (χ4n) is 2.02. The first-order valence-corrected chi connectivity index (χ1v) is 6.42. The number of aliphatic carboxylic acids is 1. The number of aryl methyl sites for hydroxylation is 1. The summed E-state index contributed by atoms with van der Waals surface area (Å²) in [6.07, 6.45) is 3.10. The third-order valence-electron chi connectivity index (χ3n) is 3.23. The molecular weight excluding hydrogens is 258 g/mol. The Morgan fingerprint density at radius 1 is 1.30 bits per heavy atom. The predicted molar refractivity (Wildman–Crippen MR) is 74.1 cm³/mol. The van der Waals surface area contributed by atoms with Gasteiger partial charge in [-0.1, -0.05) is 29.8 Å². The molecule has 0 bridgehead atoms. The van der Waals surface area contributed by atoms with Gasteiger partial charge in [0.15, 0.2) is 0 Å². The van der Waals surface area contributed by atoms with Crippen LogP contribution in [0.3, 0.4) is 0 Å². The Bertz CT molecular complexity index is 521. The molecule has 1 heterocycles. The first-order chi connectivity index (χ1) is 9.56. The van der Waals surface area contributed by atoms with Crippen molar-refractivity contribution >= 4 is 18.0 Å². The number of carbonyl (C=O) groups is 2. The third kappa shape index (κ3) is 3.68. The molecule has 1 amide bonds. The van der Waals surface area contributed by atoms with E-state index in [2.05, 4.69) is 5.32 Å². The monoisotopic (exact) mass is 275 g/mol. The molecule has 1 saturated heterocycles. The molecule has 1 aromatic rings. The van der Waals surface area contributed by atoms with Crippen molar-refractivity contribution in [1.29, 1.82) is 0 Å². The lowest BCUT2D eigenvalue weighted by Crippen LogP contribution is -2.41. The maximum atomic E-state index is 11.8. The van der Waals surface area contributed by atoms with Crippen LogP contribution < -0.4 is 5.32 Å². The zero-order chi connectivity index (χ0) is 14.5. The van der Waals surface area contributed by atoms with Crippen LogP contribution in [-0.2, 0) is 14.3 Å². The Hall–Kier alpha value is -2.14. The van der Waals surface area contributed by atoms with Crippen molar-refractivity contribution in [3.8, 4) is 0 Å². The van der Waals surface area contributed by atoms with Gasteiger partial charge in [0.2, 0.25) is 5.91 Å². The summed E-state index contributed by atoms with van der Waals surface area (Å²) in [5.41, 5.74) is 2.07. The topological polar surface area (TPSA) is 75.6 Å². The fourth-order valence-corrected chi connectivity index (χ4v) is 2.02. The zero-order valence-electron chi connectivity index (χ0n) is 11.2. The highest BCUT2D eigenvalue weighted by Gasteiger charge is 2.34. The van der Waals surface area contributed by atoms with Crippen LogP contribution in [0.2, 0.25) is 0 Å². The van der Waals surface area contributed by atoms with Gasteiger partial charge in [-0.2, -0.15) is 0 Å². The van der Waals surface area contributed by atoms with Crippen molar-refractivity contribution in [3.05, 3.63) is 41.5 Å². The van der Waals surface area contributed by atoms with Gasteiger partial charge in [0.1, 0.15) is 5.92 Å². The average Bonchev–Trinajstić information content (AvgIpc) is 2.86. The number of carboxylic acid groups (broad SMARTS) is 1. The van der Waals surface area contributed by atoms with Crippen LogP contribution in [-0.4, -0.2) is 36.2 Å². The number of rotatable bonds is 4. The number of amides is 1. The van der Waals surface area contributed by atoms with Gasteiger partial charge in [0.05, 0.1) is 19.3 Å². The van der Waals surface area contributed by atoms with Gasteiger partial charge in [0.25, 0.3) is 0 Å². The third-order valence-corrected chi connectivity index (χ3v) is 3.23. The smallest absolute Gasteiger partial charge is 0.311 e.